The van der Waals surface area contributed by atoms with Gasteiger partial charge in [0.05, 0.1) is 25.4 Å². The van der Waals surface area contributed by atoms with Crippen molar-refractivity contribution in [1.82, 2.24) is 5.32 Å². The molecule has 0 saturated heterocycles. The van der Waals surface area contributed by atoms with Crippen molar-refractivity contribution < 1.29 is 24.5 Å². The number of aliphatic hydroxyl groups excluding tert-OH is 2. The van der Waals surface area contributed by atoms with Crippen molar-refractivity contribution >= 4 is 11.9 Å². The monoisotopic (exact) mass is 790 g/mol. The molecule has 0 aliphatic heterocycles. The Bertz CT molecular complexity index is 874. The maximum atomic E-state index is 12.4. The Balaban J connectivity index is 3.52. The summed E-state index contributed by atoms with van der Waals surface area (Å²) < 4.78 is 5.44. The minimum atomic E-state index is -0.858. The van der Waals surface area contributed by atoms with Crippen LogP contribution in [0.1, 0.15) is 258 Å². The van der Waals surface area contributed by atoms with Crippen LogP contribution in [0.25, 0.3) is 0 Å². The molecule has 2 unspecified atom stereocenters. The van der Waals surface area contributed by atoms with Gasteiger partial charge in [-0.3, -0.25) is 9.59 Å². The van der Waals surface area contributed by atoms with E-state index >= 15 is 0 Å². The number of rotatable bonds is 45. The Hall–Kier alpha value is -1.66. The van der Waals surface area contributed by atoms with Gasteiger partial charge in [-0.05, 0) is 64.2 Å². The van der Waals surface area contributed by atoms with Gasteiger partial charge in [0.2, 0.25) is 5.91 Å². The molecule has 0 heterocycles. The summed E-state index contributed by atoms with van der Waals surface area (Å²) in [5.74, 6) is -0.117. The Morgan fingerprint density at radius 3 is 1.27 bits per heavy atom. The molecule has 330 valence electrons. The number of hydrogen-bond donors (Lipinski definition) is 3. The number of carbonyl (C=O) groups is 2. The fraction of sp³-hybridized carbons (Fsp3) is 0.880. The highest BCUT2D eigenvalue weighted by molar-refractivity contribution is 5.76. The molecule has 0 aromatic carbocycles. The molecule has 0 spiro atoms. The average Bonchev–Trinajstić information content (AvgIpc) is 3.20. The van der Waals surface area contributed by atoms with Crippen LogP contribution in [0, 0.1) is 0 Å². The number of aliphatic hydroxyl groups is 2. The minimum Gasteiger partial charge on any atom is -0.466 e. The zero-order valence-corrected chi connectivity index (χ0v) is 37.4. The first-order valence-corrected chi connectivity index (χ1v) is 24.6. The van der Waals surface area contributed by atoms with Crippen molar-refractivity contribution in [1.29, 1.82) is 0 Å². The van der Waals surface area contributed by atoms with Gasteiger partial charge in [0.1, 0.15) is 0 Å². The standard InChI is InChI=1S/C50H95NO5/c1-3-5-7-9-11-13-15-17-18-19-24-28-32-36-40-44-50(55)56-45-41-37-33-29-25-21-20-23-27-31-35-39-43-49(54)51-47(46-52)48(53)42-38-34-30-26-22-16-14-12-10-8-6-4-2/h21,25,38,42,47-48,52-53H,3-20,22-24,26-37,39-41,43-46H2,1-2H3,(H,51,54)/b25-21-,42-38+. The Labute approximate surface area is 348 Å². The van der Waals surface area contributed by atoms with Crippen molar-refractivity contribution in [2.75, 3.05) is 13.2 Å². The lowest BCUT2D eigenvalue weighted by molar-refractivity contribution is -0.143. The van der Waals surface area contributed by atoms with E-state index in [1.165, 1.54) is 154 Å². The van der Waals surface area contributed by atoms with E-state index < -0.39 is 12.1 Å². The van der Waals surface area contributed by atoms with Crippen molar-refractivity contribution in [2.45, 2.75) is 270 Å². The van der Waals surface area contributed by atoms with E-state index in [-0.39, 0.29) is 18.5 Å². The molecule has 3 N–H and O–H groups in total. The molecular weight excluding hydrogens is 695 g/mol. The highest BCUT2D eigenvalue weighted by Crippen LogP contribution is 2.15. The SMILES string of the molecule is CCCCCCCCCCCC/C=C/C(O)C(CO)NC(=O)CCCCCCC/C=C\CCCCCOC(=O)CCCCCCCCCCCCCCCCC. The Morgan fingerprint density at radius 1 is 0.482 bits per heavy atom. The van der Waals surface area contributed by atoms with Gasteiger partial charge in [0.15, 0.2) is 0 Å². The van der Waals surface area contributed by atoms with Crippen LogP contribution < -0.4 is 5.32 Å². The fourth-order valence-electron chi connectivity index (χ4n) is 7.39. The largest absolute Gasteiger partial charge is 0.466 e. The summed E-state index contributed by atoms with van der Waals surface area (Å²) in [5.41, 5.74) is 0. The summed E-state index contributed by atoms with van der Waals surface area (Å²) in [4.78, 5) is 24.4. The zero-order valence-electron chi connectivity index (χ0n) is 37.4. The van der Waals surface area contributed by atoms with Crippen LogP contribution in [0.5, 0.6) is 0 Å². The number of unbranched alkanes of at least 4 members (excludes halogenated alkanes) is 32. The fourth-order valence-corrected chi connectivity index (χ4v) is 7.39. The first-order chi connectivity index (χ1) is 27.5. The molecule has 0 saturated carbocycles. The van der Waals surface area contributed by atoms with Crippen LogP contribution in [0.4, 0.5) is 0 Å². The number of esters is 1. The molecule has 0 aliphatic rings. The molecule has 6 nitrogen and oxygen atoms in total. The molecule has 6 heteroatoms. The maximum absolute atomic E-state index is 12.4. The second-order valence-corrected chi connectivity index (χ2v) is 16.8. The van der Waals surface area contributed by atoms with Gasteiger partial charge in [0.25, 0.3) is 0 Å². The lowest BCUT2D eigenvalue weighted by atomic mass is 10.0. The molecule has 0 fully saturated rings. The molecular formula is C50H95NO5. The van der Waals surface area contributed by atoms with Gasteiger partial charge in [-0.2, -0.15) is 0 Å². The normalized spacial score (nSPS) is 12.9. The predicted molar refractivity (Wildman–Crippen MR) is 241 cm³/mol. The number of nitrogens with one attached hydrogen (secondary N) is 1. The van der Waals surface area contributed by atoms with E-state index in [9.17, 15) is 19.8 Å². The summed E-state index contributed by atoms with van der Waals surface area (Å²) in [6.45, 7) is 4.83. The quantitative estimate of drug-likeness (QED) is 0.0324. The molecule has 0 aliphatic carbocycles. The lowest BCUT2D eigenvalue weighted by Gasteiger charge is -2.20. The van der Waals surface area contributed by atoms with Crippen LogP contribution in [-0.4, -0.2) is 47.4 Å². The first-order valence-electron chi connectivity index (χ1n) is 24.6. The smallest absolute Gasteiger partial charge is 0.305 e. The Kier molecular flexibility index (Phi) is 44.7. The van der Waals surface area contributed by atoms with E-state index in [0.717, 1.165) is 77.0 Å². The van der Waals surface area contributed by atoms with Gasteiger partial charge in [-0.15, -0.1) is 0 Å². The van der Waals surface area contributed by atoms with E-state index in [1.54, 1.807) is 6.08 Å². The number of amides is 1. The molecule has 0 radical (unpaired) electrons. The van der Waals surface area contributed by atoms with Gasteiger partial charge in [-0.25, -0.2) is 0 Å². The van der Waals surface area contributed by atoms with Crippen LogP contribution in [0.2, 0.25) is 0 Å². The highest BCUT2D eigenvalue weighted by Gasteiger charge is 2.18. The van der Waals surface area contributed by atoms with Gasteiger partial charge >= 0.3 is 5.97 Å². The van der Waals surface area contributed by atoms with Crippen molar-refractivity contribution in [3.8, 4) is 0 Å². The summed E-state index contributed by atoms with van der Waals surface area (Å²) in [6.07, 6.45) is 53.1. The van der Waals surface area contributed by atoms with E-state index in [4.69, 9.17) is 4.74 Å². The number of carbonyl (C=O) groups excluding carboxylic acids is 2. The maximum Gasteiger partial charge on any atom is 0.305 e. The van der Waals surface area contributed by atoms with Gasteiger partial charge < -0.3 is 20.3 Å². The third-order valence-corrected chi connectivity index (χ3v) is 11.2. The first kappa shape index (κ1) is 54.3. The molecule has 0 bridgehead atoms. The van der Waals surface area contributed by atoms with Crippen LogP contribution in [0.15, 0.2) is 24.3 Å². The van der Waals surface area contributed by atoms with Crippen LogP contribution >= 0.6 is 0 Å². The summed E-state index contributed by atoms with van der Waals surface area (Å²) in [6, 6.07) is -0.644. The lowest BCUT2D eigenvalue weighted by Crippen LogP contribution is -2.45. The van der Waals surface area contributed by atoms with Crippen molar-refractivity contribution in [3.63, 3.8) is 0 Å². The summed E-state index contributed by atoms with van der Waals surface area (Å²) >= 11 is 0. The Morgan fingerprint density at radius 2 is 0.839 bits per heavy atom. The van der Waals surface area contributed by atoms with Crippen LogP contribution in [-0.2, 0) is 14.3 Å². The number of hydrogen-bond acceptors (Lipinski definition) is 5. The second kappa shape index (κ2) is 46.0. The van der Waals surface area contributed by atoms with E-state index in [0.29, 0.717) is 19.4 Å². The van der Waals surface area contributed by atoms with Crippen molar-refractivity contribution in [3.05, 3.63) is 24.3 Å². The summed E-state index contributed by atoms with van der Waals surface area (Å²) in [7, 11) is 0. The number of allylic oxidation sites excluding steroid dienone is 3. The topological polar surface area (TPSA) is 95.9 Å². The zero-order chi connectivity index (χ0) is 40.8. The summed E-state index contributed by atoms with van der Waals surface area (Å²) in [5, 5.41) is 22.9. The van der Waals surface area contributed by atoms with Gasteiger partial charge in [-0.1, -0.05) is 205 Å². The predicted octanol–water partition coefficient (Wildman–Crippen LogP) is 14.3. The van der Waals surface area contributed by atoms with Crippen molar-refractivity contribution in [2.24, 2.45) is 0 Å². The average molecular weight is 790 g/mol. The van der Waals surface area contributed by atoms with Crippen LogP contribution in [0.3, 0.4) is 0 Å². The highest BCUT2D eigenvalue weighted by atomic mass is 16.5. The third kappa shape index (κ3) is 42.0. The molecule has 2 atom stereocenters. The molecule has 0 aromatic heterocycles. The minimum absolute atomic E-state index is 0.0221. The second-order valence-electron chi connectivity index (χ2n) is 16.8. The van der Waals surface area contributed by atoms with E-state index in [1.807, 2.05) is 6.08 Å². The third-order valence-electron chi connectivity index (χ3n) is 11.2. The van der Waals surface area contributed by atoms with E-state index in [2.05, 4.69) is 31.3 Å². The number of ether oxygens (including phenoxy) is 1. The molecule has 0 rings (SSSR count). The molecule has 56 heavy (non-hydrogen) atoms. The molecule has 1 amide bonds. The molecule has 0 aromatic rings. The van der Waals surface area contributed by atoms with Gasteiger partial charge in [0, 0.05) is 12.8 Å².